The quantitative estimate of drug-likeness (QED) is 0.632. The largest absolute Gasteiger partial charge is 0.307 e. The second-order valence-electron chi connectivity index (χ2n) is 6.33. The third kappa shape index (κ3) is 5.00. The number of para-hydroxylation sites is 1. The van der Waals surface area contributed by atoms with Gasteiger partial charge in [-0.15, -0.1) is 11.3 Å². The van der Waals surface area contributed by atoms with Crippen LogP contribution in [0.4, 0.5) is 5.69 Å². The number of rotatable bonds is 7. The zero-order valence-corrected chi connectivity index (χ0v) is 15.9. The van der Waals surface area contributed by atoms with Crippen LogP contribution >= 0.6 is 11.3 Å². The summed E-state index contributed by atoms with van der Waals surface area (Å²) in [6.45, 7) is 3.58. The molecule has 3 rings (SSSR count). The van der Waals surface area contributed by atoms with Crippen LogP contribution in [0, 0.1) is 6.92 Å². The minimum atomic E-state index is 0.0782. The Balaban J connectivity index is 1.72. The van der Waals surface area contributed by atoms with E-state index in [0.717, 1.165) is 22.0 Å². The second-order valence-corrected chi connectivity index (χ2v) is 7.39. The van der Waals surface area contributed by atoms with Crippen molar-refractivity contribution in [2.75, 3.05) is 18.5 Å². The van der Waals surface area contributed by atoms with Gasteiger partial charge < -0.3 is 4.90 Å². The molecule has 134 valence electrons. The Morgan fingerprint density at radius 1 is 1.00 bits per heavy atom. The van der Waals surface area contributed by atoms with E-state index in [2.05, 4.69) is 10.4 Å². The molecule has 0 unspecified atom stereocenters. The first-order chi connectivity index (χ1) is 12.6. The van der Waals surface area contributed by atoms with Gasteiger partial charge in [0.25, 0.3) is 0 Å². The topological polar surface area (TPSA) is 36.4 Å². The number of nitrogens with zero attached hydrogens (tertiary/aromatic N) is 3. The SMILES string of the molecule is Cc1nc(CN(C)CC(=O)N(Cc2ccccc2)c2ccccc2)cs1. The average molecular weight is 366 g/mol. The Morgan fingerprint density at radius 3 is 2.27 bits per heavy atom. The minimum Gasteiger partial charge on any atom is -0.307 e. The van der Waals surface area contributed by atoms with Crippen LogP contribution < -0.4 is 4.90 Å². The van der Waals surface area contributed by atoms with E-state index in [1.807, 2.05) is 84.4 Å². The van der Waals surface area contributed by atoms with Gasteiger partial charge in [0.15, 0.2) is 0 Å². The summed E-state index contributed by atoms with van der Waals surface area (Å²) in [5.41, 5.74) is 3.04. The maximum atomic E-state index is 13.0. The minimum absolute atomic E-state index is 0.0782. The Morgan fingerprint density at radius 2 is 1.65 bits per heavy atom. The monoisotopic (exact) mass is 365 g/mol. The van der Waals surface area contributed by atoms with Gasteiger partial charge in [-0.05, 0) is 31.7 Å². The molecule has 0 spiro atoms. The second kappa shape index (κ2) is 8.74. The lowest BCUT2D eigenvalue weighted by Gasteiger charge is -2.25. The molecule has 0 aliphatic rings. The van der Waals surface area contributed by atoms with Gasteiger partial charge in [0.1, 0.15) is 0 Å². The summed E-state index contributed by atoms with van der Waals surface area (Å²) in [6, 6.07) is 19.9. The van der Waals surface area contributed by atoms with Crippen LogP contribution in [-0.4, -0.2) is 29.4 Å². The van der Waals surface area contributed by atoms with Gasteiger partial charge >= 0.3 is 0 Å². The normalized spacial score (nSPS) is 10.9. The summed E-state index contributed by atoms with van der Waals surface area (Å²) < 4.78 is 0. The fourth-order valence-electron chi connectivity index (χ4n) is 2.83. The summed E-state index contributed by atoms with van der Waals surface area (Å²) in [5.74, 6) is 0.0782. The summed E-state index contributed by atoms with van der Waals surface area (Å²) in [4.78, 5) is 21.4. The van der Waals surface area contributed by atoms with Crippen LogP contribution in [0.1, 0.15) is 16.3 Å². The Kier molecular flexibility index (Phi) is 6.15. The Hall–Kier alpha value is -2.50. The van der Waals surface area contributed by atoms with Crippen molar-refractivity contribution in [1.29, 1.82) is 0 Å². The van der Waals surface area contributed by atoms with E-state index in [4.69, 9.17) is 0 Å². The zero-order valence-electron chi connectivity index (χ0n) is 15.1. The molecule has 4 nitrogen and oxygen atoms in total. The highest BCUT2D eigenvalue weighted by atomic mass is 32.1. The van der Waals surface area contributed by atoms with Gasteiger partial charge in [0.2, 0.25) is 5.91 Å². The molecule has 0 aliphatic heterocycles. The van der Waals surface area contributed by atoms with Crippen LogP contribution in [0.15, 0.2) is 66.0 Å². The molecule has 0 bridgehead atoms. The zero-order chi connectivity index (χ0) is 18.4. The third-order valence-electron chi connectivity index (χ3n) is 4.06. The molecule has 0 radical (unpaired) electrons. The lowest BCUT2D eigenvalue weighted by Crippen LogP contribution is -2.38. The molecule has 0 N–H and O–H groups in total. The molecule has 1 amide bonds. The standard InChI is InChI=1S/C21H23N3OS/c1-17-22-19(16-26-17)14-23(2)15-21(25)24(20-11-7-4-8-12-20)13-18-9-5-3-6-10-18/h3-12,16H,13-15H2,1-2H3. The lowest BCUT2D eigenvalue weighted by atomic mass is 10.2. The van der Waals surface area contributed by atoms with E-state index in [1.165, 1.54) is 0 Å². The molecule has 0 aliphatic carbocycles. The van der Waals surface area contributed by atoms with Crippen molar-refractivity contribution in [2.24, 2.45) is 0 Å². The molecule has 1 heterocycles. The van der Waals surface area contributed by atoms with Crippen molar-refractivity contribution in [2.45, 2.75) is 20.0 Å². The van der Waals surface area contributed by atoms with E-state index >= 15 is 0 Å². The highest BCUT2D eigenvalue weighted by molar-refractivity contribution is 7.09. The van der Waals surface area contributed by atoms with Crippen molar-refractivity contribution in [1.82, 2.24) is 9.88 Å². The molecule has 5 heteroatoms. The number of anilines is 1. The predicted octanol–water partition coefficient (Wildman–Crippen LogP) is 4.12. The molecular formula is C21H23N3OS. The first-order valence-corrected chi connectivity index (χ1v) is 9.48. The van der Waals surface area contributed by atoms with Crippen LogP contribution in [-0.2, 0) is 17.9 Å². The van der Waals surface area contributed by atoms with Crippen LogP contribution in [0.3, 0.4) is 0 Å². The van der Waals surface area contributed by atoms with Gasteiger partial charge in [0, 0.05) is 17.6 Å². The van der Waals surface area contributed by atoms with E-state index in [-0.39, 0.29) is 5.91 Å². The number of carbonyl (C=O) groups is 1. The lowest BCUT2D eigenvalue weighted by molar-refractivity contribution is -0.119. The fourth-order valence-corrected chi connectivity index (χ4v) is 3.43. The molecule has 0 atom stereocenters. The van der Waals surface area contributed by atoms with Crippen LogP contribution in [0.25, 0.3) is 0 Å². The first-order valence-electron chi connectivity index (χ1n) is 8.60. The predicted molar refractivity (Wildman–Crippen MR) is 107 cm³/mol. The van der Waals surface area contributed by atoms with E-state index in [0.29, 0.717) is 19.6 Å². The number of likely N-dealkylation sites (N-methyl/N-ethyl adjacent to an activating group) is 1. The van der Waals surface area contributed by atoms with Crippen LogP contribution in [0.2, 0.25) is 0 Å². The summed E-state index contributed by atoms with van der Waals surface area (Å²) in [7, 11) is 1.96. The number of carbonyl (C=O) groups excluding carboxylic acids is 1. The Labute approximate surface area is 158 Å². The van der Waals surface area contributed by atoms with Crippen molar-refractivity contribution in [3.05, 3.63) is 82.3 Å². The molecule has 0 saturated carbocycles. The first kappa shape index (κ1) is 18.3. The fraction of sp³-hybridized carbons (Fsp3) is 0.238. The number of thiazole rings is 1. The molecule has 26 heavy (non-hydrogen) atoms. The summed E-state index contributed by atoms with van der Waals surface area (Å²) in [5, 5.41) is 3.10. The van der Waals surface area contributed by atoms with Gasteiger partial charge in [-0.1, -0.05) is 48.5 Å². The van der Waals surface area contributed by atoms with Crippen molar-refractivity contribution >= 4 is 22.9 Å². The maximum Gasteiger partial charge on any atom is 0.241 e. The summed E-state index contributed by atoms with van der Waals surface area (Å²) >= 11 is 1.64. The highest BCUT2D eigenvalue weighted by Gasteiger charge is 2.18. The highest BCUT2D eigenvalue weighted by Crippen LogP contribution is 2.18. The van der Waals surface area contributed by atoms with Crippen molar-refractivity contribution in [3.8, 4) is 0 Å². The Bertz CT molecular complexity index is 833. The van der Waals surface area contributed by atoms with Gasteiger partial charge in [-0.2, -0.15) is 0 Å². The number of benzene rings is 2. The molecule has 2 aromatic carbocycles. The molecule has 0 fully saturated rings. The average Bonchev–Trinajstić information content (AvgIpc) is 3.05. The smallest absolute Gasteiger partial charge is 0.241 e. The van der Waals surface area contributed by atoms with Gasteiger partial charge in [-0.3, -0.25) is 9.69 Å². The van der Waals surface area contributed by atoms with E-state index in [9.17, 15) is 4.79 Å². The molecule has 3 aromatic rings. The van der Waals surface area contributed by atoms with Crippen molar-refractivity contribution < 1.29 is 4.79 Å². The van der Waals surface area contributed by atoms with E-state index in [1.54, 1.807) is 11.3 Å². The number of aryl methyl sites for hydroxylation is 1. The van der Waals surface area contributed by atoms with Gasteiger partial charge in [-0.25, -0.2) is 4.98 Å². The molecular weight excluding hydrogens is 342 g/mol. The number of hydrogen-bond donors (Lipinski definition) is 0. The number of aromatic nitrogens is 1. The molecule has 0 saturated heterocycles. The van der Waals surface area contributed by atoms with Crippen molar-refractivity contribution in [3.63, 3.8) is 0 Å². The number of amides is 1. The summed E-state index contributed by atoms with van der Waals surface area (Å²) in [6.07, 6.45) is 0. The molecule has 1 aromatic heterocycles. The third-order valence-corrected chi connectivity index (χ3v) is 4.88. The maximum absolute atomic E-state index is 13.0. The van der Waals surface area contributed by atoms with Crippen LogP contribution in [0.5, 0.6) is 0 Å². The van der Waals surface area contributed by atoms with Gasteiger partial charge in [0.05, 0.1) is 23.8 Å². The number of hydrogen-bond acceptors (Lipinski definition) is 4. The van der Waals surface area contributed by atoms with E-state index < -0.39 is 0 Å².